The van der Waals surface area contributed by atoms with E-state index >= 15 is 0 Å². The molecule has 0 spiro atoms. The Kier molecular flexibility index (Phi) is 4.10. The first-order valence-electron chi connectivity index (χ1n) is 6.49. The Hall–Kier alpha value is -1.97. The second kappa shape index (κ2) is 5.78. The van der Waals surface area contributed by atoms with Crippen molar-refractivity contribution in [2.24, 2.45) is 5.92 Å². The molecule has 1 aromatic heterocycles. The molecule has 4 nitrogen and oxygen atoms in total. The van der Waals surface area contributed by atoms with Gasteiger partial charge in [-0.05, 0) is 30.2 Å². The van der Waals surface area contributed by atoms with Crippen LogP contribution in [-0.4, -0.2) is 24.1 Å². The molecule has 1 aromatic carbocycles. The maximum absolute atomic E-state index is 11.8. The first-order valence-corrected chi connectivity index (χ1v) is 6.49. The molecule has 1 N–H and O–H groups in total. The quantitative estimate of drug-likeness (QED) is 0.897. The fraction of sp³-hybridized carbons (Fsp3) is 0.400. The van der Waals surface area contributed by atoms with E-state index in [4.69, 9.17) is 4.74 Å². The van der Waals surface area contributed by atoms with E-state index in [2.05, 4.69) is 19.2 Å². The van der Waals surface area contributed by atoms with Gasteiger partial charge in [0.1, 0.15) is 12.3 Å². The molecule has 0 atom stereocenters. The molecule has 2 rings (SSSR count). The minimum atomic E-state index is 0.0435. The van der Waals surface area contributed by atoms with E-state index in [9.17, 15) is 4.79 Å². The molecule has 0 aliphatic carbocycles. The Morgan fingerprint density at radius 1 is 1.37 bits per heavy atom. The average Bonchev–Trinajstić information content (AvgIpc) is 2.78. The number of rotatable bonds is 5. The molecular formula is C15H20N2O2. The van der Waals surface area contributed by atoms with Crippen molar-refractivity contribution in [3.05, 3.63) is 30.5 Å². The average molecular weight is 260 g/mol. The van der Waals surface area contributed by atoms with Gasteiger partial charge in [-0.2, -0.15) is 0 Å². The van der Waals surface area contributed by atoms with E-state index in [1.807, 2.05) is 35.0 Å². The van der Waals surface area contributed by atoms with Gasteiger partial charge in [0.25, 0.3) is 0 Å². The summed E-state index contributed by atoms with van der Waals surface area (Å²) in [6.07, 6.45) is 1.93. The lowest BCUT2D eigenvalue weighted by atomic mass is 10.2. The Bertz CT molecular complexity index is 573. The smallest absolute Gasteiger partial charge is 0.239 e. The summed E-state index contributed by atoms with van der Waals surface area (Å²) in [7, 11) is 1.65. The second-order valence-corrected chi connectivity index (χ2v) is 5.07. The van der Waals surface area contributed by atoms with Crippen LogP contribution in [0.25, 0.3) is 10.9 Å². The number of benzene rings is 1. The minimum absolute atomic E-state index is 0.0435. The van der Waals surface area contributed by atoms with E-state index in [0.717, 1.165) is 16.7 Å². The highest BCUT2D eigenvalue weighted by Crippen LogP contribution is 2.21. The molecule has 0 radical (unpaired) electrons. The van der Waals surface area contributed by atoms with Crippen molar-refractivity contribution in [2.45, 2.75) is 20.4 Å². The van der Waals surface area contributed by atoms with E-state index in [1.165, 1.54) is 0 Å². The van der Waals surface area contributed by atoms with Crippen molar-refractivity contribution in [1.82, 2.24) is 9.88 Å². The first-order chi connectivity index (χ1) is 9.10. The Morgan fingerprint density at radius 2 is 2.16 bits per heavy atom. The summed E-state index contributed by atoms with van der Waals surface area (Å²) in [6, 6.07) is 7.85. The topological polar surface area (TPSA) is 43.3 Å². The molecule has 0 aliphatic rings. The van der Waals surface area contributed by atoms with Crippen LogP contribution >= 0.6 is 0 Å². The fourth-order valence-electron chi connectivity index (χ4n) is 1.97. The number of carbonyl (C=O) groups excluding carboxylic acids is 1. The van der Waals surface area contributed by atoms with Crippen molar-refractivity contribution in [1.29, 1.82) is 0 Å². The summed E-state index contributed by atoms with van der Waals surface area (Å²) < 4.78 is 7.14. The number of aromatic nitrogens is 1. The standard InChI is InChI=1S/C15H20N2O2/c1-11(2)9-16-15(18)10-17-7-6-12-8-13(19-3)4-5-14(12)17/h4-8,11H,9-10H2,1-3H3,(H,16,18). The van der Waals surface area contributed by atoms with Crippen LogP contribution < -0.4 is 10.1 Å². The molecule has 4 heteroatoms. The lowest BCUT2D eigenvalue weighted by Crippen LogP contribution is -2.30. The molecule has 0 saturated heterocycles. The fourth-order valence-corrected chi connectivity index (χ4v) is 1.97. The summed E-state index contributed by atoms with van der Waals surface area (Å²) >= 11 is 0. The molecule has 0 aliphatic heterocycles. The van der Waals surface area contributed by atoms with Crippen LogP contribution in [0.15, 0.2) is 30.5 Å². The number of ether oxygens (including phenoxy) is 1. The van der Waals surface area contributed by atoms with E-state index in [0.29, 0.717) is 19.0 Å². The number of fused-ring (bicyclic) bond motifs is 1. The summed E-state index contributed by atoms with van der Waals surface area (Å²) in [5, 5.41) is 4.00. The Morgan fingerprint density at radius 3 is 2.84 bits per heavy atom. The van der Waals surface area contributed by atoms with Crippen LogP contribution in [0.5, 0.6) is 5.75 Å². The summed E-state index contributed by atoms with van der Waals surface area (Å²) in [6.45, 7) is 5.23. The molecule has 2 aromatic rings. The number of amides is 1. The Labute approximate surface area is 113 Å². The number of carbonyl (C=O) groups is 1. The van der Waals surface area contributed by atoms with Crippen molar-refractivity contribution in [3.63, 3.8) is 0 Å². The van der Waals surface area contributed by atoms with Gasteiger partial charge in [0.15, 0.2) is 0 Å². The van der Waals surface area contributed by atoms with Gasteiger partial charge in [-0.25, -0.2) is 0 Å². The summed E-state index contributed by atoms with van der Waals surface area (Å²) in [5.74, 6) is 1.34. The van der Waals surface area contributed by atoms with Crippen LogP contribution in [0.2, 0.25) is 0 Å². The van der Waals surface area contributed by atoms with Gasteiger partial charge in [0, 0.05) is 23.6 Å². The highest BCUT2D eigenvalue weighted by atomic mass is 16.5. The second-order valence-electron chi connectivity index (χ2n) is 5.07. The van der Waals surface area contributed by atoms with Gasteiger partial charge < -0.3 is 14.6 Å². The van der Waals surface area contributed by atoms with E-state index < -0.39 is 0 Å². The van der Waals surface area contributed by atoms with Gasteiger partial charge in [-0.1, -0.05) is 13.8 Å². The van der Waals surface area contributed by atoms with Crippen molar-refractivity contribution >= 4 is 16.8 Å². The van der Waals surface area contributed by atoms with Gasteiger partial charge in [0.05, 0.1) is 7.11 Å². The van der Waals surface area contributed by atoms with Gasteiger partial charge >= 0.3 is 0 Å². The van der Waals surface area contributed by atoms with Crippen LogP contribution in [0.4, 0.5) is 0 Å². The lowest BCUT2D eigenvalue weighted by molar-refractivity contribution is -0.121. The maximum atomic E-state index is 11.8. The van der Waals surface area contributed by atoms with Crippen LogP contribution in [-0.2, 0) is 11.3 Å². The largest absolute Gasteiger partial charge is 0.497 e. The number of methoxy groups -OCH3 is 1. The third-order valence-corrected chi connectivity index (χ3v) is 3.00. The third-order valence-electron chi connectivity index (χ3n) is 3.00. The van der Waals surface area contributed by atoms with E-state index in [-0.39, 0.29) is 5.91 Å². The number of nitrogens with one attached hydrogen (secondary N) is 1. The van der Waals surface area contributed by atoms with Gasteiger partial charge in [-0.3, -0.25) is 4.79 Å². The minimum Gasteiger partial charge on any atom is -0.497 e. The zero-order valence-electron chi connectivity index (χ0n) is 11.6. The van der Waals surface area contributed by atoms with Crippen LogP contribution in [0.3, 0.4) is 0 Å². The van der Waals surface area contributed by atoms with Crippen LogP contribution in [0.1, 0.15) is 13.8 Å². The maximum Gasteiger partial charge on any atom is 0.239 e. The predicted molar refractivity (Wildman–Crippen MR) is 76.3 cm³/mol. The number of hydrogen-bond acceptors (Lipinski definition) is 2. The lowest BCUT2D eigenvalue weighted by Gasteiger charge is -2.09. The molecule has 19 heavy (non-hydrogen) atoms. The zero-order chi connectivity index (χ0) is 13.8. The first kappa shape index (κ1) is 13.5. The van der Waals surface area contributed by atoms with Crippen molar-refractivity contribution < 1.29 is 9.53 Å². The predicted octanol–water partition coefficient (Wildman–Crippen LogP) is 2.42. The highest BCUT2D eigenvalue weighted by Gasteiger charge is 2.07. The van der Waals surface area contributed by atoms with Gasteiger partial charge in [-0.15, -0.1) is 0 Å². The molecule has 0 unspecified atom stereocenters. The summed E-state index contributed by atoms with van der Waals surface area (Å²) in [5.41, 5.74) is 1.04. The molecule has 0 fully saturated rings. The van der Waals surface area contributed by atoms with Gasteiger partial charge in [0.2, 0.25) is 5.91 Å². The number of hydrogen-bond donors (Lipinski definition) is 1. The molecule has 102 valence electrons. The van der Waals surface area contributed by atoms with Crippen molar-refractivity contribution in [2.75, 3.05) is 13.7 Å². The molecule has 1 amide bonds. The molecule has 0 bridgehead atoms. The molecule has 0 saturated carbocycles. The van der Waals surface area contributed by atoms with E-state index in [1.54, 1.807) is 7.11 Å². The number of nitrogens with zero attached hydrogens (tertiary/aromatic N) is 1. The summed E-state index contributed by atoms with van der Waals surface area (Å²) in [4.78, 5) is 11.8. The normalized spacial score (nSPS) is 10.9. The molecular weight excluding hydrogens is 240 g/mol. The van der Waals surface area contributed by atoms with Crippen molar-refractivity contribution in [3.8, 4) is 5.75 Å². The monoisotopic (exact) mass is 260 g/mol. The Balaban J connectivity index is 2.11. The SMILES string of the molecule is COc1ccc2c(ccn2CC(=O)NCC(C)C)c1. The zero-order valence-corrected chi connectivity index (χ0v) is 11.6. The van der Waals surface area contributed by atoms with Crippen LogP contribution in [0, 0.1) is 5.92 Å². The third kappa shape index (κ3) is 3.28. The highest BCUT2D eigenvalue weighted by molar-refractivity contribution is 5.84. The molecule has 1 heterocycles.